The Labute approximate surface area is 144 Å². The van der Waals surface area contributed by atoms with E-state index in [1.165, 1.54) is 11.3 Å². The van der Waals surface area contributed by atoms with Gasteiger partial charge >= 0.3 is 0 Å². The van der Waals surface area contributed by atoms with Crippen LogP contribution in [-0.4, -0.2) is 27.8 Å². The Balaban J connectivity index is 1.78. The van der Waals surface area contributed by atoms with Gasteiger partial charge in [0.25, 0.3) is 5.91 Å². The molecule has 0 spiro atoms. The average Bonchev–Trinajstić information content (AvgIpc) is 3.15. The Morgan fingerprint density at radius 2 is 2.08 bits per heavy atom. The molecule has 0 saturated heterocycles. The maximum atomic E-state index is 12.2. The first kappa shape index (κ1) is 16.2. The molecule has 0 bridgehead atoms. The van der Waals surface area contributed by atoms with E-state index in [4.69, 9.17) is 4.74 Å². The molecule has 124 valence electrons. The van der Waals surface area contributed by atoms with Crippen molar-refractivity contribution in [2.45, 2.75) is 13.8 Å². The summed E-state index contributed by atoms with van der Waals surface area (Å²) in [5.74, 6) is 0.582. The molecule has 1 N–H and O–H groups in total. The van der Waals surface area contributed by atoms with Gasteiger partial charge in [-0.25, -0.2) is 4.98 Å². The van der Waals surface area contributed by atoms with Crippen molar-refractivity contribution >= 4 is 22.4 Å². The molecule has 0 saturated carbocycles. The van der Waals surface area contributed by atoms with Crippen LogP contribution in [0.3, 0.4) is 0 Å². The number of rotatable bonds is 4. The van der Waals surface area contributed by atoms with Gasteiger partial charge in [-0.15, -0.1) is 11.3 Å². The molecule has 2 heterocycles. The van der Waals surface area contributed by atoms with Gasteiger partial charge in [-0.1, -0.05) is 0 Å². The number of thiazole rings is 1. The van der Waals surface area contributed by atoms with E-state index in [0.717, 1.165) is 28.3 Å². The van der Waals surface area contributed by atoms with Crippen molar-refractivity contribution in [3.05, 3.63) is 46.6 Å². The Bertz CT molecular complexity index is 878. The van der Waals surface area contributed by atoms with E-state index in [-0.39, 0.29) is 5.91 Å². The maximum absolute atomic E-state index is 12.2. The van der Waals surface area contributed by atoms with Crippen molar-refractivity contribution in [3.8, 4) is 17.0 Å². The molecule has 1 aromatic carbocycles. The van der Waals surface area contributed by atoms with E-state index in [2.05, 4.69) is 15.4 Å². The molecule has 0 aliphatic rings. The molecule has 0 fully saturated rings. The highest BCUT2D eigenvalue weighted by Crippen LogP contribution is 2.28. The van der Waals surface area contributed by atoms with Crippen LogP contribution in [0.4, 0.5) is 5.13 Å². The predicted octanol–water partition coefficient (Wildman–Crippen LogP) is 3.42. The normalized spacial score (nSPS) is 10.7. The van der Waals surface area contributed by atoms with Crippen LogP contribution in [0.15, 0.2) is 29.6 Å². The van der Waals surface area contributed by atoms with Crippen molar-refractivity contribution in [1.29, 1.82) is 0 Å². The fourth-order valence-corrected chi connectivity index (χ4v) is 3.05. The molecular weight excluding hydrogens is 324 g/mol. The van der Waals surface area contributed by atoms with E-state index < -0.39 is 0 Å². The topological polar surface area (TPSA) is 69.0 Å². The number of aromatic nitrogens is 3. The van der Waals surface area contributed by atoms with Gasteiger partial charge in [0.05, 0.1) is 12.8 Å². The standard InChI is InChI=1S/C17H18N4O2S/c1-10-7-12(5-6-15(10)23-4)14-9-24-17(18-14)19-16(22)13-8-11(2)21(3)20-13/h5-9H,1-4H3,(H,18,19,22). The second-order valence-corrected chi connectivity index (χ2v) is 6.33. The Morgan fingerprint density at radius 3 is 2.71 bits per heavy atom. The first-order valence-corrected chi connectivity index (χ1v) is 8.28. The lowest BCUT2D eigenvalue weighted by molar-refractivity contribution is 0.102. The number of hydrogen-bond donors (Lipinski definition) is 1. The van der Waals surface area contributed by atoms with Crippen molar-refractivity contribution in [1.82, 2.24) is 14.8 Å². The average molecular weight is 342 g/mol. The van der Waals surface area contributed by atoms with Gasteiger partial charge in [0.15, 0.2) is 10.8 Å². The predicted molar refractivity (Wildman–Crippen MR) is 94.7 cm³/mol. The van der Waals surface area contributed by atoms with Crippen molar-refractivity contribution in [2.75, 3.05) is 12.4 Å². The Hall–Kier alpha value is -2.67. The summed E-state index contributed by atoms with van der Waals surface area (Å²) in [6.45, 7) is 3.89. The lowest BCUT2D eigenvalue weighted by Gasteiger charge is -2.05. The third kappa shape index (κ3) is 3.16. The summed E-state index contributed by atoms with van der Waals surface area (Å²) >= 11 is 1.39. The SMILES string of the molecule is COc1ccc(-c2csc(NC(=O)c3cc(C)n(C)n3)n2)cc1C. The monoisotopic (exact) mass is 342 g/mol. The molecule has 3 rings (SSSR count). The van der Waals surface area contributed by atoms with Crippen molar-refractivity contribution in [2.24, 2.45) is 7.05 Å². The number of aryl methyl sites for hydroxylation is 3. The van der Waals surface area contributed by atoms with E-state index >= 15 is 0 Å². The van der Waals surface area contributed by atoms with Gasteiger partial charge in [0.2, 0.25) is 0 Å². The van der Waals surface area contributed by atoms with Crippen LogP contribution in [0.2, 0.25) is 0 Å². The number of methoxy groups -OCH3 is 1. The van der Waals surface area contributed by atoms with Gasteiger partial charge in [-0.2, -0.15) is 5.10 Å². The smallest absolute Gasteiger partial charge is 0.277 e. The summed E-state index contributed by atoms with van der Waals surface area (Å²) in [5.41, 5.74) is 4.15. The number of carbonyl (C=O) groups excluding carboxylic acids is 1. The molecule has 0 atom stereocenters. The third-order valence-corrected chi connectivity index (χ3v) is 4.52. The van der Waals surface area contributed by atoms with Gasteiger partial charge in [0.1, 0.15) is 5.75 Å². The Morgan fingerprint density at radius 1 is 1.29 bits per heavy atom. The van der Waals surface area contributed by atoms with Crippen molar-refractivity contribution in [3.63, 3.8) is 0 Å². The summed E-state index contributed by atoms with van der Waals surface area (Å²) in [5, 5.41) is 9.43. The summed E-state index contributed by atoms with van der Waals surface area (Å²) < 4.78 is 6.94. The lowest BCUT2D eigenvalue weighted by atomic mass is 10.1. The van der Waals surface area contributed by atoms with Crippen LogP contribution in [0.1, 0.15) is 21.7 Å². The second-order valence-electron chi connectivity index (χ2n) is 5.47. The molecule has 2 aromatic heterocycles. The molecule has 6 nitrogen and oxygen atoms in total. The largest absolute Gasteiger partial charge is 0.496 e. The minimum Gasteiger partial charge on any atom is -0.496 e. The summed E-state index contributed by atoms with van der Waals surface area (Å²) in [6.07, 6.45) is 0. The fourth-order valence-electron chi connectivity index (χ4n) is 2.33. The van der Waals surface area contributed by atoms with Crippen LogP contribution < -0.4 is 10.1 Å². The second kappa shape index (κ2) is 6.45. The van der Waals surface area contributed by atoms with Gasteiger partial charge in [-0.05, 0) is 43.7 Å². The zero-order valence-corrected chi connectivity index (χ0v) is 14.8. The van der Waals surface area contributed by atoms with E-state index in [1.807, 2.05) is 37.4 Å². The number of nitrogens with zero attached hydrogens (tertiary/aromatic N) is 3. The van der Waals surface area contributed by atoms with E-state index in [1.54, 1.807) is 24.9 Å². The Kier molecular flexibility index (Phi) is 4.35. The highest BCUT2D eigenvalue weighted by molar-refractivity contribution is 7.14. The molecule has 3 aromatic rings. The molecule has 7 heteroatoms. The molecule has 1 amide bonds. The van der Waals surface area contributed by atoms with Gasteiger partial charge in [0, 0.05) is 23.7 Å². The maximum Gasteiger partial charge on any atom is 0.277 e. The lowest BCUT2D eigenvalue weighted by Crippen LogP contribution is -2.12. The number of amides is 1. The fraction of sp³-hybridized carbons (Fsp3) is 0.235. The third-order valence-electron chi connectivity index (χ3n) is 3.76. The zero-order valence-electron chi connectivity index (χ0n) is 14.0. The summed E-state index contributed by atoms with van der Waals surface area (Å²) in [7, 11) is 3.46. The number of ether oxygens (including phenoxy) is 1. The number of carbonyl (C=O) groups is 1. The minimum atomic E-state index is -0.259. The van der Waals surface area contributed by atoms with Crippen LogP contribution in [-0.2, 0) is 7.05 Å². The number of nitrogens with one attached hydrogen (secondary N) is 1. The highest BCUT2D eigenvalue weighted by Gasteiger charge is 2.14. The first-order valence-electron chi connectivity index (χ1n) is 7.40. The number of hydrogen-bond acceptors (Lipinski definition) is 5. The van der Waals surface area contributed by atoms with Crippen LogP contribution in [0.5, 0.6) is 5.75 Å². The molecule has 0 unspecified atom stereocenters. The van der Waals surface area contributed by atoms with Crippen LogP contribution >= 0.6 is 11.3 Å². The first-order chi connectivity index (χ1) is 11.5. The van der Waals surface area contributed by atoms with Crippen LogP contribution in [0.25, 0.3) is 11.3 Å². The zero-order chi connectivity index (χ0) is 17.3. The van der Waals surface area contributed by atoms with Crippen LogP contribution in [0, 0.1) is 13.8 Å². The summed E-state index contributed by atoms with van der Waals surface area (Å²) in [4.78, 5) is 16.7. The molecule has 0 aliphatic carbocycles. The minimum absolute atomic E-state index is 0.259. The van der Waals surface area contributed by atoms with Gasteiger partial charge < -0.3 is 4.74 Å². The molecule has 0 aliphatic heterocycles. The number of anilines is 1. The molecule has 0 radical (unpaired) electrons. The highest BCUT2D eigenvalue weighted by atomic mass is 32.1. The van der Waals surface area contributed by atoms with Gasteiger partial charge in [-0.3, -0.25) is 14.8 Å². The van der Waals surface area contributed by atoms with Crippen molar-refractivity contribution < 1.29 is 9.53 Å². The summed E-state index contributed by atoms with van der Waals surface area (Å²) in [6, 6.07) is 7.63. The van der Waals surface area contributed by atoms with E-state index in [9.17, 15) is 4.79 Å². The van der Waals surface area contributed by atoms with E-state index in [0.29, 0.717) is 10.8 Å². The number of benzene rings is 1. The quantitative estimate of drug-likeness (QED) is 0.789. The molecule has 24 heavy (non-hydrogen) atoms. The molecular formula is C17H18N4O2S.